The lowest BCUT2D eigenvalue weighted by atomic mass is 10.1. The third-order valence-electron chi connectivity index (χ3n) is 2.80. The van der Waals surface area contributed by atoms with Crippen LogP contribution in [-0.4, -0.2) is 16.8 Å². The molecule has 3 rings (SSSR count). The predicted molar refractivity (Wildman–Crippen MR) is 78.8 cm³/mol. The van der Waals surface area contributed by atoms with Crippen LogP contribution in [-0.2, 0) is 0 Å². The van der Waals surface area contributed by atoms with E-state index in [1.165, 1.54) is 27.5 Å². The summed E-state index contributed by atoms with van der Waals surface area (Å²) in [6, 6.07) is 19.4. The fourth-order valence-corrected chi connectivity index (χ4v) is 3.79. The van der Waals surface area contributed by atoms with Crippen LogP contribution < -0.4 is 0 Å². The van der Waals surface area contributed by atoms with Crippen molar-refractivity contribution in [3.05, 3.63) is 54.6 Å². The van der Waals surface area contributed by atoms with Gasteiger partial charge in [0.1, 0.15) is 0 Å². The van der Waals surface area contributed by atoms with Gasteiger partial charge in [0.15, 0.2) is 0 Å². The fourth-order valence-electron chi connectivity index (χ4n) is 1.80. The van der Waals surface area contributed by atoms with Gasteiger partial charge in [0.25, 0.3) is 0 Å². The molecule has 0 N–H and O–H groups in total. The summed E-state index contributed by atoms with van der Waals surface area (Å²) >= 11 is 4.06. The third-order valence-corrected chi connectivity index (χ3v) is 5.22. The molecular formula is C15H14S2. The second-order valence-corrected chi connectivity index (χ2v) is 6.52. The van der Waals surface area contributed by atoms with Gasteiger partial charge >= 0.3 is 0 Å². The highest BCUT2D eigenvalue weighted by Crippen LogP contribution is 2.38. The zero-order chi connectivity index (χ0) is 11.5. The van der Waals surface area contributed by atoms with Crippen LogP contribution in [0, 0.1) is 0 Å². The molecule has 0 radical (unpaired) electrons. The number of hydrogen-bond acceptors (Lipinski definition) is 2. The van der Waals surface area contributed by atoms with Crippen LogP contribution >= 0.6 is 23.5 Å². The first kappa shape index (κ1) is 11.2. The Morgan fingerprint density at radius 2 is 1.71 bits per heavy atom. The Balaban J connectivity index is 1.87. The van der Waals surface area contributed by atoms with E-state index in [1.54, 1.807) is 0 Å². The minimum atomic E-state index is 0.892. The molecule has 2 heteroatoms. The molecule has 0 spiro atoms. The van der Waals surface area contributed by atoms with Crippen molar-refractivity contribution in [2.45, 2.75) is 10.1 Å². The average Bonchev–Trinajstić information content (AvgIpc) is 3.22. The molecule has 17 heavy (non-hydrogen) atoms. The van der Waals surface area contributed by atoms with E-state index in [-0.39, 0.29) is 0 Å². The normalized spacial score (nSPS) is 18.0. The Hall–Kier alpha value is -0.860. The molecule has 0 saturated carbocycles. The van der Waals surface area contributed by atoms with Gasteiger partial charge in [-0.15, -0.1) is 11.8 Å². The van der Waals surface area contributed by atoms with Crippen LogP contribution in [0.4, 0.5) is 0 Å². The minimum Gasteiger partial charge on any atom is -0.156 e. The van der Waals surface area contributed by atoms with Crippen molar-refractivity contribution in [1.29, 1.82) is 0 Å². The van der Waals surface area contributed by atoms with Gasteiger partial charge in [-0.25, -0.2) is 0 Å². The number of thioether (sulfide) groups is 2. The summed E-state index contributed by atoms with van der Waals surface area (Å²) in [4.78, 5) is 1.41. The summed E-state index contributed by atoms with van der Waals surface area (Å²) in [6.07, 6.45) is 0. The van der Waals surface area contributed by atoms with Gasteiger partial charge in [-0.1, -0.05) is 48.5 Å². The molecule has 1 heterocycles. The zero-order valence-corrected chi connectivity index (χ0v) is 11.1. The van der Waals surface area contributed by atoms with E-state index < -0.39 is 0 Å². The summed E-state index contributed by atoms with van der Waals surface area (Å²) in [5, 5.41) is 0.892. The molecule has 0 aliphatic carbocycles. The lowest BCUT2D eigenvalue weighted by Gasteiger charge is -2.08. The molecular weight excluding hydrogens is 244 g/mol. The first-order valence-electron chi connectivity index (χ1n) is 5.82. The maximum absolute atomic E-state index is 2.24. The van der Waals surface area contributed by atoms with Crippen LogP contribution in [0.5, 0.6) is 0 Å². The lowest BCUT2D eigenvalue weighted by molar-refractivity contribution is 1.26. The first-order valence-corrected chi connectivity index (χ1v) is 7.86. The van der Waals surface area contributed by atoms with E-state index in [0.717, 1.165) is 5.25 Å². The lowest BCUT2D eigenvalue weighted by Crippen LogP contribution is -1.89. The van der Waals surface area contributed by atoms with Crippen molar-refractivity contribution in [3.8, 4) is 11.1 Å². The van der Waals surface area contributed by atoms with Gasteiger partial charge in [-0.3, -0.25) is 0 Å². The van der Waals surface area contributed by atoms with Crippen LogP contribution in [0.1, 0.15) is 0 Å². The molecule has 1 aliphatic rings. The van der Waals surface area contributed by atoms with Crippen molar-refractivity contribution >= 4 is 23.5 Å². The molecule has 1 saturated heterocycles. The van der Waals surface area contributed by atoms with Gasteiger partial charge in [-0.2, -0.15) is 11.8 Å². The maximum atomic E-state index is 2.24. The molecule has 2 aromatic carbocycles. The van der Waals surface area contributed by atoms with Gasteiger partial charge in [-0.05, 0) is 17.2 Å². The van der Waals surface area contributed by atoms with Crippen molar-refractivity contribution in [2.75, 3.05) is 11.5 Å². The second-order valence-electron chi connectivity index (χ2n) is 4.13. The first-order chi connectivity index (χ1) is 8.43. The summed E-state index contributed by atoms with van der Waals surface area (Å²) in [7, 11) is 0. The van der Waals surface area contributed by atoms with Gasteiger partial charge in [0, 0.05) is 21.7 Å². The number of hydrogen-bond donors (Lipinski definition) is 0. The predicted octanol–water partition coefficient (Wildman–Crippen LogP) is 4.56. The maximum Gasteiger partial charge on any atom is 0.0232 e. The van der Waals surface area contributed by atoms with Crippen LogP contribution in [0.15, 0.2) is 59.5 Å². The van der Waals surface area contributed by atoms with E-state index in [0.29, 0.717) is 0 Å². The highest BCUT2D eigenvalue weighted by Gasteiger charge is 2.22. The largest absolute Gasteiger partial charge is 0.156 e. The van der Waals surface area contributed by atoms with E-state index in [9.17, 15) is 0 Å². The van der Waals surface area contributed by atoms with Crippen LogP contribution in [0.3, 0.4) is 0 Å². The highest BCUT2D eigenvalue weighted by molar-refractivity contribution is 8.08. The molecule has 2 aromatic rings. The van der Waals surface area contributed by atoms with E-state index in [1.807, 2.05) is 11.8 Å². The van der Waals surface area contributed by atoms with Crippen molar-refractivity contribution in [3.63, 3.8) is 0 Å². The topological polar surface area (TPSA) is 0 Å². The number of benzene rings is 2. The summed E-state index contributed by atoms with van der Waals surface area (Å²) in [5.74, 6) is 2.59. The highest BCUT2D eigenvalue weighted by atomic mass is 32.2. The molecule has 1 atom stereocenters. The second kappa shape index (κ2) is 5.19. The quantitative estimate of drug-likeness (QED) is 0.582. The Morgan fingerprint density at radius 3 is 2.47 bits per heavy atom. The molecule has 1 aliphatic heterocycles. The van der Waals surface area contributed by atoms with E-state index in [4.69, 9.17) is 0 Å². The molecule has 0 aromatic heterocycles. The molecule has 86 valence electrons. The average molecular weight is 258 g/mol. The molecule has 0 amide bonds. The van der Waals surface area contributed by atoms with Crippen LogP contribution in [0.25, 0.3) is 11.1 Å². The standard InChI is InChI=1S/C15H14S2/c1-2-6-12(7-3-1)14-8-4-5-9-15(14)17-11-13-10-16-13/h1-9,13H,10-11H2. The SMILES string of the molecule is c1ccc(-c2ccccc2SCC2CS2)cc1. The van der Waals surface area contributed by atoms with Crippen molar-refractivity contribution < 1.29 is 0 Å². The summed E-state index contributed by atoms with van der Waals surface area (Å²) in [5.41, 5.74) is 2.68. The van der Waals surface area contributed by atoms with Gasteiger partial charge in [0.2, 0.25) is 0 Å². The third kappa shape index (κ3) is 2.88. The van der Waals surface area contributed by atoms with Gasteiger partial charge < -0.3 is 0 Å². The molecule has 0 bridgehead atoms. The van der Waals surface area contributed by atoms with Gasteiger partial charge in [0.05, 0.1) is 0 Å². The Morgan fingerprint density at radius 1 is 1.00 bits per heavy atom. The van der Waals surface area contributed by atoms with Crippen LogP contribution in [0.2, 0.25) is 0 Å². The summed E-state index contributed by atoms with van der Waals surface area (Å²) < 4.78 is 0. The fraction of sp³-hybridized carbons (Fsp3) is 0.200. The van der Waals surface area contributed by atoms with Crippen molar-refractivity contribution in [2.24, 2.45) is 0 Å². The molecule has 1 fully saturated rings. The van der Waals surface area contributed by atoms with E-state index in [2.05, 4.69) is 66.4 Å². The summed E-state index contributed by atoms with van der Waals surface area (Å²) in [6.45, 7) is 0. The molecule has 1 unspecified atom stereocenters. The van der Waals surface area contributed by atoms with E-state index >= 15 is 0 Å². The monoisotopic (exact) mass is 258 g/mol. The smallest absolute Gasteiger partial charge is 0.0232 e. The van der Waals surface area contributed by atoms with Crippen molar-refractivity contribution in [1.82, 2.24) is 0 Å². The number of rotatable bonds is 4. The molecule has 0 nitrogen and oxygen atoms in total. The Kier molecular flexibility index (Phi) is 3.44. The zero-order valence-electron chi connectivity index (χ0n) is 9.50. The minimum absolute atomic E-state index is 0.892. The Labute approximate surface area is 111 Å². The Bertz CT molecular complexity index is 489.